The topological polar surface area (TPSA) is 9.86 Å². The molecule has 0 unspecified atom stereocenters. The van der Waals surface area contributed by atoms with Gasteiger partial charge in [-0.15, -0.1) is 0 Å². The van der Waals surface area contributed by atoms with E-state index in [2.05, 4.69) is 404 Å². The van der Waals surface area contributed by atoms with Crippen LogP contribution in [0.1, 0.15) is 398 Å². The first-order valence-electron chi connectivity index (χ1n) is 56.3. The first-order valence-corrected chi connectivity index (χ1v) is 56.3. The van der Waals surface area contributed by atoms with Crippen LogP contribution >= 0.6 is 0 Å². The van der Waals surface area contributed by atoms with Gasteiger partial charge in [0.2, 0.25) is 0 Å². The molecule has 0 radical (unpaired) electrons. The van der Waals surface area contributed by atoms with Crippen molar-refractivity contribution in [3.63, 3.8) is 0 Å². The van der Waals surface area contributed by atoms with Gasteiger partial charge in [0.05, 0.1) is 22.1 Å². The highest BCUT2D eigenvalue weighted by atomic mass is 15.0. The number of hydrogen-bond donors (Lipinski definition) is 0. The quantitative estimate of drug-likeness (QED) is 0.0266. The van der Waals surface area contributed by atoms with E-state index in [9.17, 15) is 0 Å². The van der Waals surface area contributed by atoms with E-state index in [0.717, 1.165) is 25.7 Å². The van der Waals surface area contributed by atoms with Crippen LogP contribution in [-0.2, 0) is 36.5 Å². The summed E-state index contributed by atoms with van der Waals surface area (Å²) in [6.45, 7) is 18.6. The van der Waals surface area contributed by atoms with Crippen molar-refractivity contribution in [3.8, 4) is 33.6 Å². The molecule has 2 aliphatic carbocycles. The van der Waals surface area contributed by atoms with Gasteiger partial charge in [-0.25, -0.2) is 0 Å². The molecule has 2 nitrogen and oxygen atoms in total. The predicted molar refractivity (Wildman–Crippen MR) is 626 cm³/mol. The molecule has 17 rings (SSSR count). The number of nitrogens with zero attached hydrogens (tertiary/aromatic N) is 2. The maximum Gasteiger partial charge on any atom is 0.0541 e. The molecule has 15 aromatic rings. The lowest BCUT2D eigenvalue weighted by molar-refractivity contribution is 0.401. The number of aryl methyl sites for hydroxylation is 4. The average Bonchev–Trinajstić information content (AvgIpc) is 1.57. The predicted octanol–water partition coefficient (Wildman–Crippen LogP) is 41.8. The van der Waals surface area contributed by atoms with Crippen molar-refractivity contribution in [1.29, 1.82) is 0 Å². The normalized spacial score (nSPS) is 13.3. The van der Waals surface area contributed by atoms with Gasteiger partial charge >= 0.3 is 0 Å². The van der Waals surface area contributed by atoms with Crippen LogP contribution in [0.4, 0.5) is 0 Å². The van der Waals surface area contributed by atoms with Crippen LogP contribution in [0.25, 0.3) is 150 Å². The number of benzene rings is 13. The van der Waals surface area contributed by atoms with E-state index in [4.69, 9.17) is 0 Å². The lowest BCUT2D eigenvalue weighted by Crippen LogP contribution is -2.25. The number of rotatable bonds is 54. The second kappa shape index (κ2) is 50.7. The van der Waals surface area contributed by atoms with Crippen LogP contribution in [0, 0.1) is 0 Å². The maximum atomic E-state index is 2.58. The molecule has 2 aliphatic rings. The number of hydrogen-bond acceptors (Lipinski definition) is 0. The van der Waals surface area contributed by atoms with E-state index in [1.807, 2.05) is 0 Å². The Morgan fingerprint density at radius 3 is 0.542 bits per heavy atom. The third-order valence-corrected chi connectivity index (χ3v) is 31.6. The molecule has 730 valence electrons. The number of fused-ring (bicyclic) bond motifs is 12. The lowest BCUT2D eigenvalue weighted by atomic mass is 9.70. The van der Waals surface area contributed by atoms with Crippen LogP contribution in [0.15, 0.2) is 267 Å². The zero-order chi connectivity index (χ0) is 97.7. The molecule has 13 aromatic carbocycles. The van der Waals surface area contributed by atoms with Gasteiger partial charge in [0, 0.05) is 43.7 Å². The minimum Gasteiger partial charge on any atom is -0.309 e. The second-order valence-corrected chi connectivity index (χ2v) is 42.1. The van der Waals surface area contributed by atoms with E-state index >= 15 is 0 Å². The molecule has 0 amide bonds. The molecule has 0 N–H and O–H groups in total. The molecule has 0 bridgehead atoms. The zero-order valence-corrected chi connectivity index (χ0v) is 87.5. The van der Waals surface area contributed by atoms with E-state index in [-0.39, 0.29) is 10.8 Å². The summed E-state index contributed by atoms with van der Waals surface area (Å²) in [7, 11) is 0. The Labute approximate surface area is 854 Å². The molecule has 0 saturated carbocycles. The Morgan fingerprint density at radius 2 is 0.345 bits per heavy atom. The first-order chi connectivity index (χ1) is 70.0. The lowest BCUT2D eigenvalue weighted by Gasteiger charge is -2.33. The summed E-state index contributed by atoms with van der Waals surface area (Å²) < 4.78 is 4.98. The zero-order valence-electron chi connectivity index (χ0n) is 87.5. The highest BCUT2D eigenvalue weighted by Crippen LogP contribution is 2.57. The highest BCUT2D eigenvalue weighted by molar-refractivity contribution is 6.11. The van der Waals surface area contributed by atoms with Crippen molar-refractivity contribution in [2.45, 2.75) is 323 Å². The van der Waals surface area contributed by atoms with Crippen LogP contribution in [0.5, 0.6) is 0 Å². The highest BCUT2D eigenvalue weighted by Gasteiger charge is 2.44. The number of unbranched alkanes of at least 4 members (excludes halogenated alkanes) is 24. The van der Waals surface area contributed by atoms with Crippen LogP contribution in [0.3, 0.4) is 0 Å². The average molecular weight is 1870 g/mol. The van der Waals surface area contributed by atoms with Crippen LogP contribution in [-0.4, -0.2) is 9.13 Å². The van der Waals surface area contributed by atoms with Crippen molar-refractivity contribution < 1.29 is 0 Å². The van der Waals surface area contributed by atoms with E-state index in [1.165, 1.54) is 420 Å². The third-order valence-electron chi connectivity index (χ3n) is 31.6. The molecule has 0 spiro atoms. The molecule has 0 saturated heterocycles. The van der Waals surface area contributed by atoms with Gasteiger partial charge in [-0.3, -0.25) is 0 Å². The second-order valence-electron chi connectivity index (χ2n) is 42.1. The van der Waals surface area contributed by atoms with Gasteiger partial charge in [-0.2, -0.15) is 0 Å². The summed E-state index contributed by atoms with van der Waals surface area (Å²) in [6, 6.07) is 104. The van der Waals surface area contributed by atoms with Crippen molar-refractivity contribution in [3.05, 3.63) is 378 Å². The summed E-state index contributed by atoms with van der Waals surface area (Å²) in [6.07, 6.45) is 77.7. The number of aromatic nitrogens is 2. The fraction of sp³-hybridized carbons (Fsp3) is 0.357. The molecule has 0 atom stereocenters. The molecule has 0 fully saturated rings. The van der Waals surface area contributed by atoms with Crippen molar-refractivity contribution in [2.24, 2.45) is 0 Å². The molecule has 142 heavy (non-hydrogen) atoms. The van der Waals surface area contributed by atoms with Crippen molar-refractivity contribution in [1.82, 2.24) is 9.13 Å². The fourth-order valence-electron chi connectivity index (χ4n) is 23.4. The SMILES string of the molecule is CCCCCCc1ccc2c(c1)c1cc(CCCCCC)ccc1n2-c1ccc(/C=C/c2ccc(/C=C/c3ccc4c(c3)C(CCCCCC)(CCCCCC)c3cc(/C=C/c5ccc(/C=C/c6ccc7c(c6)C(CCCCCC)(CCCCCC)c6cc(/C=C/c8ccc(/C=C/c9ccc(-n%10c%11ccc(CCCCCC)cc%11c%11cc(CCCCCC)ccc%11%10)cc9)cc8)ccc6-7)cc5)ccc3-4)cc2)cc1. The standard InChI is InChI=1S/C140H160N2/c1-9-17-25-33-41-113-77-89-135-127(97-113)128-98-114(42-34-26-18-10-2)78-90-136(128)141(135)121-81-69-111(70-82-121)59-57-105-45-49-107(50-46-105)61-65-117-73-85-123-125-87-75-119(103-133(125)139(131(123)101-117,93-37-29-21-13-5)94-38-30-22-14-6)67-63-109-53-55-110(56-54-109)64-68-120-76-88-126-124-86-74-118(102-132(124)140(134(126)104-120,95-39-31-23-15-7)96-40-32-24-16-8)66-62-108-51-47-106(48-52-108)58-60-112-71-83-122(84-72-112)142-137-91-79-115(43-35-27-19-11-3)99-129(137)130-100-116(80-92-138(130)142)44-36-28-20-12-4/h45-92,97-104H,9-44,93-96H2,1-8H3/b59-57+,60-58+,65-61+,66-62+,67-63+,68-64+. The molecule has 2 aromatic heterocycles. The Kier molecular flexibility index (Phi) is 36.2. The monoisotopic (exact) mass is 1870 g/mol. The maximum absolute atomic E-state index is 2.58. The van der Waals surface area contributed by atoms with Gasteiger partial charge in [0.15, 0.2) is 0 Å². The summed E-state index contributed by atoms with van der Waals surface area (Å²) in [4.78, 5) is 0. The van der Waals surface area contributed by atoms with E-state index in [0.29, 0.717) is 0 Å². The van der Waals surface area contributed by atoms with Crippen LogP contribution < -0.4 is 0 Å². The summed E-state index contributed by atoms with van der Waals surface area (Å²) in [5.74, 6) is 0. The van der Waals surface area contributed by atoms with Gasteiger partial charge < -0.3 is 9.13 Å². The Bertz CT molecular complexity index is 6260. The van der Waals surface area contributed by atoms with Crippen LogP contribution in [0.2, 0.25) is 0 Å². The Balaban J connectivity index is 0.558. The Hall–Kier alpha value is -12.1. The third kappa shape index (κ3) is 24.8. The van der Waals surface area contributed by atoms with E-state index < -0.39 is 0 Å². The summed E-state index contributed by atoms with van der Waals surface area (Å²) in [5, 5.41) is 5.52. The van der Waals surface area contributed by atoms with Gasteiger partial charge in [-0.1, -0.05) is 502 Å². The van der Waals surface area contributed by atoms with Gasteiger partial charge in [0.25, 0.3) is 0 Å². The molecule has 2 heteroatoms. The smallest absolute Gasteiger partial charge is 0.0541 e. The Morgan fingerprint density at radius 1 is 0.169 bits per heavy atom. The fourth-order valence-corrected chi connectivity index (χ4v) is 23.4. The molecular weight excluding hydrogens is 1710 g/mol. The van der Waals surface area contributed by atoms with Crippen molar-refractivity contribution in [2.75, 3.05) is 0 Å². The summed E-state index contributed by atoms with van der Waals surface area (Å²) >= 11 is 0. The largest absolute Gasteiger partial charge is 0.309 e. The van der Waals surface area contributed by atoms with Crippen molar-refractivity contribution >= 4 is 117 Å². The van der Waals surface area contributed by atoms with E-state index in [1.54, 1.807) is 0 Å². The molecule has 2 heterocycles. The van der Waals surface area contributed by atoms with Gasteiger partial charge in [-0.05, 0) is 283 Å². The molecular formula is C140H160N2. The molecule has 0 aliphatic heterocycles. The van der Waals surface area contributed by atoms with Gasteiger partial charge in [0.1, 0.15) is 0 Å². The summed E-state index contributed by atoms with van der Waals surface area (Å²) in [5.41, 5.74) is 39.9. The minimum absolute atomic E-state index is 0.0434. The first kappa shape index (κ1) is 101. The minimum atomic E-state index is -0.0434.